The standard InChI is InChI=1S/C25H33N3O3.ClH/c1-17(2)13-15-26-19-7-5-18(6-8-19)4-3-14-27-22(16-29)20-9-11-23(30)25-21(20)10-12-24(31)28-25;/h5-12,17,22,26-27,29-30H,3-4,13-16H2,1-2H3,(H,28,31);1H. The van der Waals surface area contributed by atoms with E-state index in [2.05, 4.69) is 53.7 Å². The zero-order valence-electron chi connectivity index (χ0n) is 18.7. The minimum atomic E-state index is -0.276. The van der Waals surface area contributed by atoms with Crippen LogP contribution < -0.4 is 16.2 Å². The van der Waals surface area contributed by atoms with Gasteiger partial charge < -0.3 is 25.8 Å². The summed E-state index contributed by atoms with van der Waals surface area (Å²) >= 11 is 0. The first-order chi connectivity index (χ1) is 15.0. The van der Waals surface area contributed by atoms with E-state index in [-0.39, 0.29) is 36.4 Å². The third-order valence-electron chi connectivity index (χ3n) is 5.50. The predicted molar refractivity (Wildman–Crippen MR) is 134 cm³/mol. The molecule has 0 saturated carbocycles. The Morgan fingerprint density at radius 3 is 2.44 bits per heavy atom. The molecule has 32 heavy (non-hydrogen) atoms. The monoisotopic (exact) mass is 459 g/mol. The highest BCUT2D eigenvalue weighted by molar-refractivity contribution is 5.87. The Labute approximate surface area is 195 Å². The minimum Gasteiger partial charge on any atom is -0.506 e. The zero-order valence-corrected chi connectivity index (χ0v) is 19.5. The van der Waals surface area contributed by atoms with E-state index in [0.717, 1.165) is 49.0 Å². The van der Waals surface area contributed by atoms with Gasteiger partial charge in [0.2, 0.25) is 5.56 Å². The summed E-state index contributed by atoms with van der Waals surface area (Å²) in [6.45, 7) is 6.11. The van der Waals surface area contributed by atoms with Crippen LogP contribution in [0.1, 0.15) is 43.9 Å². The maximum absolute atomic E-state index is 11.6. The van der Waals surface area contributed by atoms with E-state index in [9.17, 15) is 15.0 Å². The van der Waals surface area contributed by atoms with Crippen molar-refractivity contribution in [2.45, 2.75) is 39.2 Å². The molecule has 1 atom stereocenters. The number of anilines is 1. The van der Waals surface area contributed by atoms with E-state index in [1.54, 1.807) is 18.2 Å². The van der Waals surface area contributed by atoms with E-state index in [1.165, 1.54) is 11.6 Å². The fourth-order valence-electron chi connectivity index (χ4n) is 3.70. The van der Waals surface area contributed by atoms with Crippen LogP contribution in [0.5, 0.6) is 5.75 Å². The molecule has 3 aromatic rings. The molecule has 0 aliphatic carbocycles. The number of hydrogen-bond acceptors (Lipinski definition) is 5. The molecule has 6 nitrogen and oxygen atoms in total. The maximum atomic E-state index is 11.6. The van der Waals surface area contributed by atoms with Gasteiger partial charge in [0.25, 0.3) is 0 Å². The highest BCUT2D eigenvalue weighted by Crippen LogP contribution is 2.28. The van der Waals surface area contributed by atoms with Gasteiger partial charge >= 0.3 is 0 Å². The Morgan fingerprint density at radius 1 is 1.00 bits per heavy atom. The molecular weight excluding hydrogens is 426 g/mol. The van der Waals surface area contributed by atoms with Gasteiger partial charge in [0, 0.05) is 23.7 Å². The molecule has 5 N–H and O–H groups in total. The van der Waals surface area contributed by atoms with Crippen molar-refractivity contribution in [3.63, 3.8) is 0 Å². The van der Waals surface area contributed by atoms with Crippen LogP contribution in [-0.2, 0) is 6.42 Å². The quantitative estimate of drug-likeness (QED) is 0.274. The van der Waals surface area contributed by atoms with E-state index < -0.39 is 0 Å². The molecule has 0 spiro atoms. The molecule has 3 rings (SSSR count). The number of aliphatic hydroxyl groups is 1. The van der Waals surface area contributed by atoms with Gasteiger partial charge in [0.05, 0.1) is 18.2 Å². The van der Waals surface area contributed by atoms with E-state index in [1.807, 2.05) is 0 Å². The largest absolute Gasteiger partial charge is 0.506 e. The van der Waals surface area contributed by atoms with Crippen molar-refractivity contribution >= 4 is 29.0 Å². The van der Waals surface area contributed by atoms with Crippen molar-refractivity contribution in [2.75, 3.05) is 25.0 Å². The fourth-order valence-corrected chi connectivity index (χ4v) is 3.70. The topological polar surface area (TPSA) is 97.4 Å². The average molecular weight is 460 g/mol. The molecule has 2 aromatic carbocycles. The average Bonchev–Trinajstić information content (AvgIpc) is 2.76. The van der Waals surface area contributed by atoms with Crippen LogP contribution in [0.25, 0.3) is 10.9 Å². The zero-order chi connectivity index (χ0) is 22.2. The van der Waals surface area contributed by atoms with Crippen LogP contribution in [0.2, 0.25) is 0 Å². The molecule has 0 saturated heterocycles. The highest BCUT2D eigenvalue weighted by atomic mass is 35.5. The van der Waals surface area contributed by atoms with Crippen molar-refractivity contribution < 1.29 is 10.2 Å². The Balaban J connectivity index is 0.00000363. The lowest BCUT2D eigenvalue weighted by Gasteiger charge is -2.19. The van der Waals surface area contributed by atoms with Crippen LogP contribution in [0.4, 0.5) is 5.69 Å². The van der Waals surface area contributed by atoms with E-state index >= 15 is 0 Å². The number of H-pyrrole nitrogens is 1. The summed E-state index contributed by atoms with van der Waals surface area (Å²) in [7, 11) is 0. The molecule has 174 valence electrons. The molecule has 1 heterocycles. The van der Waals surface area contributed by atoms with Crippen molar-refractivity contribution in [3.8, 4) is 5.75 Å². The lowest BCUT2D eigenvalue weighted by Crippen LogP contribution is -2.26. The number of aromatic hydroxyl groups is 1. The van der Waals surface area contributed by atoms with Crippen LogP contribution in [0, 0.1) is 5.92 Å². The van der Waals surface area contributed by atoms with Gasteiger partial charge in [-0.05, 0) is 67.1 Å². The Bertz CT molecular complexity index is 1030. The number of rotatable bonds is 11. The number of fused-ring (bicyclic) bond motifs is 1. The SMILES string of the molecule is CC(C)CCNc1ccc(CCCNC(CO)c2ccc(O)c3[nH]c(=O)ccc23)cc1.Cl. The molecule has 0 radical (unpaired) electrons. The van der Waals surface area contributed by atoms with Crippen LogP contribution in [-0.4, -0.2) is 34.9 Å². The molecule has 0 aliphatic rings. The molecule has 7 heteroatoms. The molecule has 0 fully saturated rings. The normalized spacial score (nSPS) is 12.0. The second-order valence-corrected chi connectivity index (χ2v) is 8.38. The smallest absolute Gasteiger partial charge is 0.248 e. The number of aromatic nitrogens is 1. The number of aryl methyl sites for hydroxylation is 1. The van der Waals surface area contributed by atoms with Crippen LogP contribution >= 0.6 is 12.4 Å². The number of hydrogen-bond donors (Lipinski definition) is 5. The number of pyridine rings is 1. The second kappa shape index (κ2) is 12.5. The van der Waals surface area contributed by atoms with E-state index in [4.69, 9.17) is 0 Å². The number of phenolic OH excluding ortho intramolecular Hbond substituents is 1. The first-order valence-electron chi connectivity index (χ1n) is 11.0. The molecule has 0 amide bonds. The van der Waals surface area contributed by atoms with Crippen molar-refractivity contribution in [2.24, 2.45) is 5.92 Å². The maximum Gasteiger partial charge on any atom is 0.248 e. The van der Waals surface area contributed by atoms with E-state index in [0.29, 0.717) is 11.4 Å². The van der Waals surface area contributed by atoms with Crippen molar-refractivity contribution in [3.05, 3.63) is 70.0 Å². The summed E-state index contributed by atoms with van der Waals surface area (Å²) < 4.78 is 0. The number of benzene rings is 2. The van der Waals surface area contributed by atoms with Crippen LogP contribution in [0.15, 0.2) is 53.3 Å². The van der Waals surface area contributed by atoms with Gasteiger partial charge in [-0.3, -0.25) is 4.79 Å². The Kier molecular flexibility index (Phi) is 10.0. The summed E-state index contributed by atoms with van der Waals surface area (Å²) in [6, 6.07) is 14.7. The summed E-state index contributed by atoms with van der Waals surface area (Å²) in [5.41, 5.74) is 3.41. The van der Waals surface area contributed by atoms with Crippen LogP contribution in [0.3, 0.4) is 0 Å². The minimum absolute atomic E-state index is 0. The number of halogens is 1. The van der Waals surface area contributed by atoms with Crippen molar-refractivity contribution in [1.82, 2.24) is 10.3 Å². The number of aromatic amines is 1. The second-order valence-electron chi connectivity index (χ2n) is 8.38. The van der Waals surface area contributed by atoms with Gasteiger partial charge in [-0.1, -0.05) is 32.0 Å². The molecule has 0 bridgehead atoms. The molecule has 0 aliphatic heterocycles. The highest BCUT2D eigenvalue weighted by Gasteiger charge is 2.15. The first kappa shape index (κ1) is 25.7. The van der Waals surface area contributed by atoms with Gasteiger partial charge in [-0.2, -0.15) is 0 Å². The summed E-state index contributed by atoms with van der Waals surface area (Å²) in [5, 5.41) is 27.5. The summed E-state index contributed by atoms with van der Waals surface area (Å²) in [5.74, 6) is 0.721. The molecule has 1 unspecified atom stereocenters. The fraction of sp³-hybridized carbons (Fsp3) is 0.400. The van der Waals surface area contributed by atoms with Gasteiger partial charge in [0.1, 0.15) is 5.75 Å². The third kappa shape index (κ3) is 6.99. The predicted octanol–water partition coefficient (Wildman–Crippen LogP) is 4.37. The Morgan fingerprint density at radius 2 is 1.75 bits per heavy atom. The number of nitrogens with one attached hydrogen (secondary N) is 3. The molecule has 1 aromatic heterocycles. The van der Waals surface area contributed by atoms with Gasteiger partial charge in [-0.15, -0.1) is 12.4 Å². The van der Waals surface area contributed by atoms with Gasteiger partial charge in [0.15, 0.2) is 0 Å². The molecular formula is C25H34ClN3O3. The lowest BCUT2D eigenvalue weighted by atomic mass is 10.0. The third-order valence-corrected chi connectivity index (χ3v) is 5.50. The van der Waals surface area contributed by atoms with Crippen molar-refractivity contribution in [1.29, 1.82) is 0 Å². The van der Waals surface area contributed by atoms with Gasteiger partial charge in [-0.25, -0.2) is 0 Å². The number of aliphatic hydroxyl groups excluding tert-OH is 1. The summed E-state index contributed by atoms with van der Waals surface area (Å²) in [4.78, 5) is 14.3. The lowest BCUT2D eigenvalue weighted by molar-refractivity contribution is 0.245. The Hall–Kier alpha value is -2.54. The number of phenols is 1. The first-order valence-corrected chi connectivity index (χ1v) is 11.0. The summed E-state index contributed by atoms with van der Waals surface area (Å²) in [6.07, 6.45) is 3.04.